The molecule has 2 atom stereocenters. The van der Waals surface area contributed by atoms with Crippen molar-refractivity contribution in [1.82, 2.24) is 0 Å². The van der Waals surface area contributed by atoms with Crippen LogP contribution in [0.2, 0.25) is 0 Å². The van der Waals surface area contributed by atoms with E-state index in [-0.39, 0.29) is 11.8 Å². The summed E-state index contributed by atoms with van der Waals surface area (Å²) < 4.78 is 21.5. The van der Waals surface area contributed by atoms with Crippen molar-refractivity contribution in [2.75, 3.05) is 39.1 Å². The Kier molecular flexibility index (Phi) is 8.27. The number of ether oxygens (including phenoxy) is 4. The van der Waals surface area contributed by atoms with Crippen LogP contribution in [0.5, 0.6) is 23.0 Å². The second-order valence-electron chi connectivity index (χ2n) is 14.0. The van der Waals surface area contributed by atoms with Crippen LogP contribution in [0.15, 0.2) is 146 Å². The highest BCUT2D eigenvalue weighted by atomic mass is 16.5. The molecule has 0 radical (unpaired) electrons. The molecular formula is C48H38N2O6. The van der Waals surface area contributed by atoms with Crippen molar-refractivity contribution < 1.29 is 28.5 Å². The largest absolute Gasteiger partial charge is 0.497 e. The zero-order chi connectivity index (χ0) is 38.6. The van der Waals surface area contributed by atoms with Gasteiger partial charge in [-0.2, -0.15) is 0 Å². The van der Waals surface area contributed by atoms with Crippen molar-refractivity contribution in [3.8, 4) is 23.0 Å². The minimum atomic E-state index is -0.851. The Morgan fingerprint density at radius 2 is 0.768 bits per heavy atom. The number of anilines is 2. The summed E-state index contributed by atoms with van der Waals surface area (Å²) in [5, 5.41) is 6.11. The molecule has 2 N–H and O–H groups in total. The van der Waals surface area contributed by atoms with Gasteiger partial charge in [-0.05, 0) is 116 Å². The van der Waals surface area contributed by atoms with Crippen LogP contribution >= 0.6 is 0 Å². The van der Waals surface area contributed by atoms with E-state index in [9.17, 15) is 9.59 Å². The smallest absolute Gasteiger partial charge is 0.243 e. The first-order chi connectivity index (χ1) is 27.3. The Morgan fingerprint density at radius 3 is 1.14 bits per heavy atom. The number of fused-ring (bicyclic) bond motifs is 8. The maximum atomic E-state index is 13.3. The highest BCUT2D eigenvalue weighted by Crippen LogP contribution is 2.55. The van der Waals surface area contributed by atoms with E-state index in [0.717, 1.165) is 90.0 Å². The zero-order valence-corrected chi connectivity index (χ0v) is 31.3. The molecule has 2 spiro atoms. The number of hydrogen-bond donors (Lipinski definition) is 2. The molecule has 0 saturated heterocycles. The van der Waals surface area contributed by atoms with Crippen LogP contribution in [0.25, 0.3) is 11.1 Å². The van der Waals surface area contributed by atoms with Crippen molar-refractivity contribution in [2.45, 2.75) is 10.8 Å². The van der Waals surface area contributed by atoms with Gasteiger partial charge in [-0.3, -0.25) is 9.59 Å². The molecule has 6 aromatic carbocycles. The molecule has 0 fully saturated rings. The Balaban J connectivity index is 0.000000146. The Labute approximate surface area is 325 Å². The molecule has 8 heteroatoms. The van der Waals surface area contributed by atoms with E-state index >= 15 is 0 Å². The maximum Gasteiger partial charge on any atom is 0.243 e. The number of methoxy groups -OCH3 is 4. The molecule has 2 amide bonds. The third-order valence-electron chi connectivity index (χ3n) is 11.3. The van der Waals surface area contributed by atoms with Crippen LogP contribution in [-0.4, -0.2) is 40.3 Å². The number of amides is 2. The molecule has 0 aromatic heterocycles. The van der Waals surface area contributed by atoms with Crippen LogP contribution < -0.4 is 29.6 Å². The van der Waals surface area contributed by atoms with Gasteiger partial charge in [-0.25, -0.2) is 0 Å². The predicted molar refractivity (Wildman–Crippen MR) is 218 cm³/mol. The minimum absolute atomic E-state index is 0.0354. The molecule has 0 saturated carbocycles. The van der Waals surface area contributed by atoms with Gasteiger partial charge >= 0.3 is 0 Å². The molecule has 4 aliphatic rings. The first kappa shape index (κ1) is 34.7. The van der Waals surface area contributed by atoms with Crippen molar-refractivity contribution in [3.63, 3.8) is 0 Å². The SMILES string of the molecule is COc1ccc(C2=C[C@@]3(C(=O)Nc4ccccc43)c3cc(OC)ccc32)cc1.COc1ccc(C2=C[C@]3(C(=O)Nc4ccccc43)c3cc(OC)ccc32)cc1. The van der Waals surface area contributed by atoms with Gasteiger partial charge in [0.1, 0.15) is 33.8 Å². The number of carbonyl (C=O) groups is 2. The standard InChI is InChI=1S/2C24H19NO3/c2*1-27-16-9-7-15(8-10-16)19-14-24(21-13-17(28-2)11-12-18(19)21)20-5-3-4-6-22(20)25-23(24)26/h2*3-14H,1-2H3,(H,25,26)/t2*24-/m10/s1. The van der Waals surface area contributed by atoms with Gasteiger partial charge in [-0.1, -0.05) is 84.9 Å². The van der Waals surface area contributed by atoms with E-state index in [4.69, 9.17) is 18.9 Å². The Morgan fingerprint density at radius 1 is 0.411 bits per heavy atom. The summed E-state index contributed by atoms with van der Waals surface area (Å²) in [7, 11) is 6.59. The quantitative estimate of drug-likeness (QED) is 0.178. The first-order valence-electron chi connectivity index (χ1n) is 18.3. The summed E-state index contributed by atoms with van der Waals surface area (Å²) in [4.78, 5) is 26.6. The van der Waals surface area contributed by atoms with Crippen LogP contribution in [0.4, 0.5) is 11.4 Å². The topological polar surface area (TPSA) is 95.1 Å². The van der Waals surface area contributed by atoms with E-state index in [2.05, 4.69) is 22.8 Å². The number of benzene rings is 6. The summed E-state index contributed by atoms with van der Waals surface area (Å²) >= 11 is 0. The molecule has 2 aliphatic carbocycles. The van der Waals surface area contributed by atoms with Gasteiger partial charge in [0.25, 0.3) is 0 Å². The second-order valence-corrected chi connectivity index (χ2v) is 14.0. The molecule has 6 aromatic rings. The minimum Gasteiger partial charge on any atom is -0.497 e. The van der Waals surface area contributed by atoms with Gasteiger partial charge in [0.05, 0.1) is 28.4 Å². The molecule has 276 valence electrons. The normalized spacial score (nSPS) is 19.1. The Hall–Kier alpha value is -7.06. The average Bonchev–Trinajstić information content (AvgIpc) is 3.96. The molecule has 2 heterocycles. The lowest BCUT2D eigenvalue weighted by atomic mass is 9.77. The summed E-state index contributed by atoms with van der Waals surface area (Å²) in [5.41, 5.74) is 10.1. The fourth-order valence-electron chi connectivity index (χ4n) is 8.57. The number of para-hydroxylation sites is 2. The Bertz CT molecular complexity index is 2440. The van der Waals surface area contributed by atoms with Gasteiger partial charge in [0.2, 0.25) is 11.8 Å². The van der Waals surface area contributed by atoms with Crippen molar-refractivity contribution in [2.24, 2.45) is 0 Å². The lowest BCUT2D eigenvalue weighted by Crippen LogP contribution is -2.32. The van der Waals surface area contributed by atoms with Crippen LogP contribution in [0.3, 0.4) is 0 Å². The molecule has 10 rings (SSSR count). The third-order valence-corrected chi connectivity index (χ3v) is 11.3. The van der Waals surface area contributed by atoms with E-state index < -0.39 is 10.8 Å². The first-order valence-corrected chi connectivity index (χ1v) is 18.3. The van der Waals surface area contributed by atoms with Crippen molar-refractivity contribution >= 4 is 34.3 Å². The van der Waals surface area contributed by atoms with Gasteiger partial charge in [0, 0.05) is 11.4 Å². The van der Waals surface area contributed by atoms with Crippen molar-refractivity contribution in [3.05, 3.63) is 190 Å². The molecule has 8 nitrogen and oxygen atoms in total. The number of carbonyl (C=O) groups excluding carboxylic acids is 2. The van der Waals surface area contributed by atoms with Gasteiger partial charge in [-0.15, -0.1) is 0 Å². The monoisotopic (exact) mass is 738 g/mol. The summed E-state index contributed by atoms with van der Waals surface area (Å²) in [6.07, 6.45) is 4.17. The molecular weight excluding hydrogens is 701 g/mol. The molecule has 0 bridgehead atoms. The third kappa shape index (κ3) is 5.13. The molecule has 0 unspecified atom stereocenters. The molecule has 2 aliphatic heterocycles. The van der Waals surface area contributed by atoms with E-state index in [0.29, 0.717) is 0 Å². The fraction of sp³-hybridized carbons (Fsp3) is 0.125. The van der Waals surface area contributed by atoms with Crippen LogP contribution in [-0.2, 0) is 20.4 Å². The van der Waals surface area contributed by atoms with E-state index in [1.54, 1.807) is 28.4 Å². The molecule has 56 heavy (non-hydrogen) atoms. The zero-order valence-electron chi connectivity index (χ0n) is 31.3. The van der Waals surface area contributed by atoms with Crippen molar-refractivity contribution in [1.29, 1.82) is 0 Å². The second kappa shape index (κ2) is 13.4. The number of rotatable bonds is 6. The fourth-order valence-corrected chi connectivity index (χ4v) is 8.57. The summed E-state index contributed by atoms with van der Waals surface area (Å²) in [6.45, 7) is 0. The van der Waals surface area contributed by atoms with Gasteiger partial charge in [0.15, 0.2) is 0 Å². The number of nitrogens with one attached hydrogen (secondary N) is 2. The number of hydrogen-bond acceptors (Lipinski definition) is 6. The van der Waals surface area contributed by atoms with Crippen LogP contribution in [0.1, 0.15) is 44.5 Å². The lowest BCUT2D eigenvalue weighted by molar-refractivity contribution is -0.118. The highest BCUT2D eigenvalue weighted by molar-refractivity contribution is 6.15. The highest BCUT2D eigenvalue weighted by Gasteiger charge is 2.52. The average molecular weight is 739 g/mol. The van der Waals surface area contributed by atoms with Gasteiger partial charge < -0.3 is 29.6 Å². The summed E-state index contributed by atoms with van der Waals surface area (Å²) in [6, 6.07) is 43.5. The maximum absolute atomic E-state index is 13.3. The predicted octanol–water partition coefficient (Wildman–Crippen LogP) is 8.77. The lowest BCUT2D eigenvalue weighted by Gasteiger charge is -2.22. The summed E-state index contributed by atoms with van der Waals surface area (Å²) in [5.74, 6) is 3.00. The van der Waals surface area contributed by atoms with Crippen LogP contribution in [0, 0.1) is 0 Å². The van der Waals surface area contributed by atoms with E-state index in [1.807, 2.05) is 133 Å². The van der Waals surface area contributed by atoms with E-state index in [1.165, 1.54) is 0 Å².